The summed E-state index contributed by atoms with van der Waals surface area (Å²) in [6.45, 7) is -0.0847. The minimum absolute atomic E-state index is 0.0138. The number of nitrogens with zero attached hydrogens (tertiary/aromatic N) is 1. The van der Waals surface area contributed by atoms with E-state index in [2.05, 4.69) is 0 Å². The lowest BCUT2D eigenvalue weighted by Crippen LogP contribution is -2.03. The van der Waals surface area contributed by atoms with E-state index < -0.39 is 16.6 Å². The van der Waals surface area contributed by atoms with Gasteiger partial charge < -0.3 is 10.5 Å². The van der Waals surface area contributed by atoms with Gasteiger partial charge in [-0.3, -0.25) is 10.1 Å². The third-order valence-corrected chi connectivity index (χ3v) is 2.66. The van der Waals surface area contributed by atoms with Gasteiger partial charge >= 0.3 is 0 Å². The summed E-state index contributed by atoms with van der Waals surface area (Å²) in [5, 5.41) is 10.7. The van der Waals surface area contributed by atoms with Crippen LogP contribution in [0.1, 0.15) is 5.56 Å². The minimum atomic E-state index is -1.03. The van der Waals surface area contributed by atoms with E-state index in [4.69, 9.17) is 10.5 Å². The van der Waals surface area contributed by atoms with Crippen molar-refractivity contribution in [3.63, 3.8) is 0 Å². The lowest BCUT2D eigenvalue weighted by atomic mass is 10.1. The number of rotatable bonds is 4. The summed E-state index contributed by atoms with van der Waals surface area (Å²) in [6, 6.07) is 7.38. The van der Waals surface area contributed by atoms with Crippen molar-refractivity contribution in [2.45, 2.75) is 6.61 Å². The van der Waals surface area contributed by atoms with Gasteiger partial charge in [0, 0.05) is 17.7 Å². The Morgan fingerprint density at radius 2 is 1.95 bits per heavy atom. The fraction of sp³-hybridized carbons (Fsp3) is 0.0769. The molecule has 2 N–H and O–H groups in total. The SMILES string of the molecule is Nc1c(COc2ccc(F)c(F)c2)cccc1[N+](=O)[O-]. The van der Waals surface area contributed by atoms with Gasteiger partial charge in [0.15, 0.2) is 11.6 Å². The molecule has 0 aliphatic carbocycles. The van der Waals surface area contributed by atoms with E-state index in [1.165, 1.54) is 18.2 Å². The molecule has 20 heavy (non-hydrogen) atoms. The molecule has 0 amide bonds. The van der Waals surface area contributed by atoms with Gasteiger partial charge in [0.2, 0.25) is 0 Å². The fourth-order valence-electron chi connectivity index (χ4n) is 1.61. The number of ether oxygens (including phenoxy) is 1. The zero-order valence-corrected chi connectivity index (χ0v) is 10.2. The van der Waals surface area contributed by atoms with Gasteiger partial charge in [0.1, 0.15) is 18.0 Å². The van der Waals surface area contributed by atoms with Crippen molar-refractivity contribution in [3.8, 4) is 5.75 Å². The first-order valence-corrected chi connectivity index (χ1v) is 5.58. The Morgan fingerprint density at radius 3 is 2.60 bits per heavy atom. The predicted octanol–water partition coefficient (Wildman–Crippen LogP) is 3.03. The monoisotopic (exact) mass is 280 g/mol. The first kappa shape index (κ1) is 13.7. The van der Waals surface area contributed by atoms with Crippen LogP contribution in [-0.4, -0.2) is 4.92 Å². The van der Waals surface area contributed by atoms with E-state index in [1.807, 2.05) is 0 Å². The van der Waals surface area contributed by atoms with Gasteiger partial charge in [-0.05, 0) is 12.1 Å². The highest BCUT2D eigenvalue weighted by molar-refractivity contribution is 5.62. The van der Waals surface area contributed by atoms with Gasteiger partial charge in [-0.25, -0.2) is 8.78 Å². The molecular weight excluding hydrogens is 270 g/mol. The maximum absolute atomic E-state index is 13.0. The second kappa shape index (κ2) is 5.52. The predicted molar refractivity (Wildman–Crippen MR) is 68.2 cm³/mol. The van der Waals surface area contributed by atoms with Crippen molar-refractivity contribution < 1.29 is 18.4 Å². The molecule has 0 heterocycles. The molecule has 5 nitrogen and oxygen atoms in total. The molecule has 0 atom stereocenters. The number of nitro benzene ring substituents is 1. The Kier molecular flexibility index (Phi) is 3.79. The lowest BCUT2D eigenvalue weighted by molar-refractivity contribution is -0.384. The molecule has 0 aromatic heterocycles. The third-order valence-electron chi connectivity index (χ3n) is 2.66. The maximum Gasteiger partial charge on any atom is 0.292 e. The standard InChI is InChI=1S/C13H10F2N2O3/c14-10-5-4-9(6-11(10)15)20-7-8-2-1-3-12(13(8)16)17(18)19/h1-6H,7,16H2. The Bertz CT molecular complexity index is 662. The van der Waals surface area contributed by atoms with E-state index in [1.54, 1.807) is 6.07 Å². The number of hydrogen-bond donors (Lipinski definition) is 1. The molecule has 0 spiro atoms. The molecule has 2 rings (SSSR count). The van der Waals surface area contributed by atoms with Crippen LogP contribution in [0, 0.1) is 21.7 Å². The Labute approximate surface area is 112 Å². The summed E-state index contributed by atoms with van der Waals surface area (Å²) in [5.74, 6) is -1.91. The molecule has 2 aromatic rings. The summed E-state index contributed by atoms with van der Waals surface area (Å²) in [5.41, 5.74) is 5.80. The molecule has 104 valence electrons. The number of nitro groups is 1. The number of halogens is 2. The maximum atomic E-state index is 13.0. The summed E-state index contributed by atoms with van der Waals surface area (Å²) >= 11 is 0. The number of hydrogen-bond acceptors (Lipinski definition) is 4. The van der Waals surface area contributed by atoms with Crippen molar-refractivity contribution in [2.24, 2.45) is 0 Å². The van der Waals surface area contributed by atoms with Crippen molar-refractivity contribution in [1.82, 2.24) is 0 Å². The Morgan fingerprint density at radius 1 is 1.20 bits per heavy atom. The number of nitrogens with two attached hydrogens (primary N) is 1. The number of anilines is 1. The minimum Gasteiger partial charge on any atom is -0.489 e. The Hall–Kier alpha value is -2.70. The van der Waals surface area contributed by atoms with Crippen LogP contribution in [0.3, 0.4) is 0 Å². The molecule has 0 radical (unpaired) electrons. The lowest BCUT2D eigenvalue weighted by Gasteiger charge is -2.09. The molecule has 7 heteroatoms. The van der Waals surface area contributed by atoms with E-state index in [9.17, 15) is 18.9 Å². The molecule has 2 aromatic carbocycles. The van der Waals surface area contributed by atoms with E-state index in [0.717, 1.165) is 12.1 Å². The quantitative estimate of drug-likeness (QED) is 0.530. The average Bonchev–Trinajstić information content (AvgIpc) is 2.41. The molecule has 0 aliphatic heterocycles. The average molecular weight is 280 g/mol. The van der Waals surface area contributed by atoms with Crippen LogP contribution >= 0.6 is 0 Å². The summed E-state index contributed by atoms with van der Waals surface area (Å²) < 4.78 is 31.0. The second-order valence-electron chi connectivity index (χ2n) is 3.97. The van der Waals surface area contributed by atoms with E-state index in [-0.39, 0.29) is 23.7 Å². The first-order chi connectivity index (χ1) is 9.49. The molecule has 0 fully saturated rings. The van der Waals surface area contributed by atoms with Gasteiger partial charge in [-0.2, -0.15) is 0 Å². The number of para-hydroxylation sites is 1. The first-order valence-electron chi connectivity index (χ1n) is 5.58. The van der Waals surface area contributed by atoms with E-state index in [0.29, 0.717) is 5.56 Å². The zero-order valence-electron chi connectivity index (χ0n) is 10.2. The number of nitrogen functional groups attached to an aromatic ring is 1. The van der Waals surface area contributed by atoms with Crippen LogP contribution in [0.4, 0.5) is 20.2 Å². The Balaban J connectivity index is 2.17. The fourth-order valence-corrected chi connectivity index (χ4v) is 1.61. The second-order valence-corrected chi connectivity index (χ2v) is 3.97. The normalized spacial score (nSPS) is 10.3. The van der Waals surface area contributed by atoms with Crippen LogP contribution in [-0.2, 0) is 6.61 Å². The van der Waals surface area contributed by atoms with Crippen molar-refractivity contribution in [1.29, 1.82) is 0 Å². The van der Waals surface area contributed by atoms with Gasteiger partial charge in [-0.15, -0.1) is 0 Å². The van der Waals surface area contributed by atoms with Crippen LogP contribution in [0.2, 0.25) is 0 Å². The van der Waals surface area contributed by atoms with Crippen molar-refractivity contribution in [3.05, 3.63) is 63.7 Å². The highest BCUT2D eigenvalue weighted by Gasteiger charge is 2.14. The topological polar surface area (TPSA) is 78.4 Å². The smallest absolute Gasteiger partial charge is 0.292 e. The summed E-state index contributed by atoms with van der Waals surface area (Å²) in [7, 11) is 0. The summed E-state index contributed by atoms with van der Waals surface area (Å²) in [4.78, 5) is 10.1. The molecule has 0 saturated heterocycles. The highest BCUT2D eigenvalue weighted by Crippen LogP contribution is 2.26. The zero-order chi connectivity index (χ0) is 14.7. The van der Waals surface area contributed by atoms with Crippen LogP contribution in [0.5, 0.6) is 5.75 Å². The molecule has 0 bridgehead atoms. The van der Waals surface area contributed by atoms with Gasteiger partial charge in [-0.1, -0.05) is 12.1 Å². The molecule has 0 saturated carbocycles. The van der Waals surface area contributed by atoms with Crippen molar-refractivity contribution >= 4 is 11.4 Å². The van der Waals surface area contributed by atoms with Gasteiger partial charge in [0.25, 0.3) is 5.69 Å². The number of benzene rings is 2. The largest absolute Gasteiger partial charge is 0.489 e. The van der Waals surface area contributed by atoms with Crippen LogP contribution < -0.4 is 10.5 Å². The van der Waals surface area contributed by atoms with Crippen LogP contribution in [0.25, 0.3) is 0 Å². The molecule has 0 aliphatic rings. The summed E-state index contributed by atoms with van der Waals surface area (Å²) in [6.07, 6.45) is 0. The van der Waals surface area contributed by atoms with Crippen molar-refractivity contribution in [2.75, 3.05) is 5.73 Å². The molecular formula is C13H10F2N2O3. The third kappa shape index (κ3) is 2.82. The van der Waals surface area contributed by atoms with Crippen LogP contribution in [0.15, 0.2) is 36.4 Å². The highest BCUT2D eigenvalue weighted by atomic mass is 19.2. The van der Waals surface area contributed by atoms with E-state index >= 15 is 0 Å². The molecule has 0 unspecified atom stereocenters. The van der Waals surface area contributed by atoms with Gasteiger partial charge in [0.05, 0.1) is 4.92 Å².